The molecule has 1 rings (SSSR count). The molecule has 0 spiro atoms. The van der Waals surface area contributed by atoms with Gasteiger partial charge >= 0.3 is 0 Å². The second-order valence-electron chi connectivity index (χ2n) is 4.85. The van der Waals surface area contributed by atoms with E-state index in [1.165, 1.54) is 19.3 Å². The van der Waals surface area contributed by atoms with Crippen LogP contribution in [0.25, 0.3) is 0 Å². The molecular weight excluding hydrogens is 188 g/mol. The minimum atomic E-state index is -0.526. The van der Waals surface area contributed by atoms with Gasteiger partial charge in [-0.2, -0.15) is 0 Å². The number of hydrogen-bond acceptors (Lipinski definition) is 3. The van der Waals surface area contributed by atoms with Crippen LogP contribution >= 0.6 is 0 Å². The van der Waals surface area contributed by atoms with Gasteiger partial charge in [-0.25, -0.2) is 0 Å². The molecule has 0 amide bonds. The van der Waals surface area contributed by atoms with Gasteiger partial charge in [0.25, 0.3) is 0 Å². The highest BCUT2D eigenvalue weighted by Gasteiger charge is 2.29. The van der Waals surface area contributed by atoms with Gasteiger partial charge in [-0.05, 0) is 38.1 Å². The Kier molecular flexibility index (Phi) is 5.03. The molecule has 90 valence electrons. The summed E-state index contributed by atoms with van der Waals surface area (Å²) in [4.78, 5) is 0. The van der Waals surface area contributed by atoms with Gasteiger partial charge in [0.1, 0.15) is 0 Å². The topological polar surface area (TPSA) is 58.3 Å². The van der Waals surface area contributed by atoms with E-state index in [0.29, 0.717) is 18.5 Å². The predicted molar refractivity (Wildman–Crippen MR) is 63.7 cm³/mol. The van der Waals surface area contributed by atoms with Crippen LogP contribution in [-0.2, 0) is 0 Å². The van der Waals surface area contributed by atoms with Crippen molar-refractivity contribution in [3.8, 4) is 0 Å². The van der Waals surface area contributed by atoms with Crippen LogP contribution in [0.5, 0.6) is 0 Å². The van der Waals surface area contributed by atoms with Gasteiger partial charge in [0.15, 0.2) is 0 Å². The molecule has 3 heteroatoms. The van der Waals surface area contributed by atoms with Gasteiger partial charge < -0.3 is 16.2 Å². The van der Waals surface area contributed by atoms with E-state index in [1.54, 1.807) is 0 Å². The van der Waals surface area contributed by atoms with E-state index in [0.717, 1.165) is 19.4 Å². The zero-order valence-electron chi connectivity index (χ0n) is 10.1. The summed E-state index contributed by atoms with van der Waals surface area (Å²) in [6.45, 7) is 5.57. The number of nitrogens with one attached hydrogen (secondary N) is 1. The van der Waals surface area contributed by atoms with Gasteiger partial charge in [0, 0.05) is 12.6 Å². The zero-order chi connectivity index (χ0) is 11.3. The third-order valence-electron chi connectivity index (χ3n) is 3.97. The quantitative estimate of drug-likeness (QED) is 0.624. The van der Waals surface area contributed by atoms with Crippen molar-refractivity contribution in [1.82, 2.24) is 5.32 Å². The van der Waals surface area contributed by atoms with E-state index in [1.807, 2.05) is 13.8 Å². The summed E-state index contributed by atoms with van der Waals surface area (Å²) in [6.07, 6.45) is 5.36. The molecule has 3 nitrogen and oxygen atoms in total. The molecule has 1 fully saturated rings. The summed E-state index contributed by atoms with van der Waals surface area (Å²) in [5.41, 5.74) is 5.20. The van der Waals surface area contributed by atoms with Crippen LogP contribution in [-0.4, -0.2) is 29.8 Å². The highest BCUT2D eigenvalue weighted by molar-refractivity contribution is 4.87. The number of aliphatic hydroxyl groups is 1. The second-order valence-corrected chi connectivity index (χ2v) is 4.85. The van der Waals surface area contributed by atoms with Crippen molar-refractivity contribution in [2.75, 3.05) is 13.1 Å². The number of nitrogens with two attached hydrogens (primary N) is 1. The Hall–Kier alpha value is -0.120. The van der Waals surface area contributed by atoms with Crippen molar-refractivity contribution >= 4 is 0 Å². The monoisotopic (exact) mass is 214 g/mol. The maximum Gasteiger partial charge on any atom is 0.0766 e. The third kappa shape index (κ3) is 3.44. The normalized spacial score (nSPS) is 27.2. The highest BCUT2D eigenvalue weighted by atomic mass is 16.3. The third-order valence-corrected chi connectivity index (χ3v) is 3.97. The van der Waals surface area contributed by atoms with Crippen molar-refractivity contribution in [2.24, 2.45) is 11.7 Å². The smallest absolute Gasteiger partial charge is 0.0766 e. The van der Waals surface area contributed by atoms with Crippen LogP contribution < -0.4 is 11.1 Å². The van der Waals surface area contributed by atoms with Crippen LogP contribution in [0, 0.1) is 5.92 Å². The maximum absolute atomic E-state index is 10.2. The zero-order valence-corrected chi connectivity index (χ0v) is 10.1. The van der Waals surface area contributed by atoms with Gasteiger partial charge in [-0.1, -0.05) is 20.3 Å². The van der Waals surface area contributed by atoms with Gasteiger partial charge in [0.2, 0.25) is 0 Å². The molecule has 1 aliphatic rings. The van der Waals surface area contributed by atoms with Gasteiger partial charge in [0.05, 0.1) is 5.60 Å². The summed E-state index contributed by atoms with van der Waals surface area (Å²) in [7, 11) is 0. The fourth-order valence-electron chi connectivity index (χ4n) is 2.41. The molecule has 1 saturated carbocycles. The lowest BCUT2D eigenvalue weighted by molar-refractivity contribution is 0.0287. The Bertz CT molecular complexity index is 180. The Labute approximate surface area is 93.4 Å². The SMILES string of the molecule is CCC(O)(CC)CNC1CCCC1CN. The minimum absolute atomic E-state index is 0.526. The van der Waals surface area contributed by atoms with E-state index in [9.17, 15) is 5.11 Å². The van der Waals surface area contributed by atoms with Crippen LogP contribution in [0.15, 0.2) is 0 Å². The predicted octanol–water partition coefficient (Wildman–Crippen LogP) is 1.25. The van der Waals surface area contributed by atoms with Crippen LogP contribution in [0.4, 0.5) is 0 Å². The van der Waals surface area contributed by atoms with Crippen LogP contribution in [0.3, 0.4) is 0 Å². The molecule has 0 heterocycles. The van der Waals surface area contributed by atoms with E-state index in [-0.39, 0.29) is 0 Å². The van der Waals surface area contributed by atoms with E-state index in [2.05, 4.69) is 5.32 Å². The first-order valence-corrected chi connectivity index (χ1v) is 6.31. The molecule has 0 aliphatic heterocycles. The lowest BCUT2D eigenvalue weighted by Gasteiger charge is -2.29. The Balaban J connectivity index is 2.35. The minimum Gasteiger partial charge on any atom is -0.389 e. The molecule has 1 aliphatic carbocycles. The molecular formula is C12H26N2O. The molecule has 0 radical (unpaired) electrons. The maximum atomic E-state index is 10.2. The van der Waals surface area contributed by atoms with Crippen molar-refractivity contribution in [3.05, 3.63) is 0 Å². The molecule has 0 aromatic rings. The first-order chi connectivity index (χ1) is 7.15. The summed E-state index contributed by atoms with van der Waals surface area (Å²) in [5.74, 6) is 0.614. The fraction of sp³-hybridized carbons (Fsp3) is 1.00. The fourth-order valence-corrected chi connectivity index (χ4v) is 2.41. The van der Waals surface area contributed by atoms with Crippen molar-refractivity contribution in [3.63, 3.8) is 0 Å². The van der Waals surface area contributed by atoms with Crippen molar-refractivity contribution in [2.45, 2.75) is 57.6 Å². The van der Waals surface area contributed by atoms with E-state index in [4.69, 9.17) is 5.73 Å². The number of hydrogen-bond donors (Lipinski definition) is 3. The summed E-state index contributed by atoms with van der Waals surface area (Å²) < 4.78 is 0. The molecule has 0 aromatic heterocycles. The molecule has 4 N–H and O–H groups in total. The Morgan fingerprint density at radius 2 is 2.00 bits per heavy atom. The molecule has 0 bridgehead atoms. The largest absolute Gasteiger partial charge is 0.389 e. The first-order valence-electron chi connectivity index (χ1n) is 6.31. The Morgan fingerprint density at radius 3 is 2.53 bits per heavy atom. The molecule has 2 atom stereocenters. The molecule has 0 saturated heterocycles. The highest BCUT2D eigenvalue weighted by Crippen LogP contribution is 2.25. The van der Waals surface area contributed by atoms with Crippen molar-refractivity contribution < 1.29 is 5.11 Å². The summed E-state index contributed by atoms with van der Waals surface area (Å²) in [6, 6.07) is 0.527. The van der Waals surface area contributed by atoms with Crippen LogP contribution in [0.2, 0.25) is 0 Å². The van der Waals surface area contributed by atoms with Crippen LogP contribution in [0.1, 0.15) is 46.0 Å². The van der Waals surface area contributed by atoms with Gasteiger partial charge in [-0.15, -0.1) is 0 Å². The van der Waals surface area contributed by atoms with Crippen molar-refractivity contribution in [1.29, 1.82) is 0 Å². The van der Waals surface area contributed by atoms with E-state index < -0.39 is 5.60 Å². The molecule has 2 unspecified atom stereocenters. The Morgan fingerprint density at radius 1 is 1.33 bits per heavy atom. The van der Waals surface area contributed by atoms with Gasteiger partial charge in [-0.3, -0.25) is 0 Å². The average molecular weight is 214 g/mol. The second kappa shape index (κ2) is 5.83. The summed E-state index contributed by atoms with van der Waals surface area (Å²) >= 11 is 0. The lowest BCUT2D eigenvalue weighted by atomic mass is 9.96. The summed E-state index contributed by atoms with van der Waals surface area (Å²) in [5, 5.41) is 13.6. The van der Waals surface area contributed by atoms with E-state index >= 15 is 0 Å². The standard InChI is InChI=1S/C12H26N2O/c1-3-12(15,4-2)9-14-11-7-5-6-10(11)8-13/h10-11,14-15H,3-9,13H2,1-2H3. The molecule has 0 aromatic carbocycles. The molecule has 15 heavy (non-hydrogen) atoms. The lowest BCUT2D eigenvalue weighted by Crippen LogP contribution is -2.46. The number of rotatable bonds is 6. The average Bonchev–Trinajstić information content (AvgIpc) is 2.73. The first kappa shape index (κ1) is 12.9.